The fourth-order valence-corrected chi connectivity index (χ4v) is 4.75. The zero-order valence-electron chi connectivity index (χ0n) is 16.7. The van der Waals surface area contributed by atoms with Gasteiger partial charge in [0.05, 0.1) is 16.0 Å². The summed E-state index contributed by atoms with van der Waals surface area (Å²) in [5.41, 5.74) is 0.479. The van der Waals surface area contributed by atoms with E-state index in [1.54, 1.807) is 57.2 Å². The average Bonchev–Trinajstić information content (AvgIpc) is 2.90. The Balaban J connectivity index is 2.10. The highest BCUT2D eigenvalue weighted by Gasteiger charge is 2.42. The van der Waals surface area contributed by atoms with E-state index in [1.807, 2.05) is 6.92 Å². The van der Waals surface area contributed by atoms with Gasteiger partial charge in [0, 0.05) is 0 Å². The van der Waals surface area contributed by atoms with E-state index in [4.69, 9.17) is 4.74 Å². The number of hydrogen-bond donors (Lipinski definition) is 0. The van der Waals surface area contributed by atoms with E-state index >= 15 is 0 Å². The monoisotopic (exact) mass is 414 g/mol. The highest BCUT2D eigenvalue weighted by molar-refractivity contribution is 7.92. The molecular formula is C21H22N2O5S. The minimum Gasteiger partial charge on any atom is -0.459 e. The van der Waals surface area contributed by atoms with Gasteiger partial charge < -0.3 is 4.74 Å². The van der Waals surface area contributed by atoms with Gasteiger partial charge in [-0.25, -0.2) is 13.4 Å². The molecule has 7 nitrogen and oxygen atoms in total. The predicted molar refractivity (Wildman–Crippen MR) is 108 cm³/mol. The molecule has 1 aliphatic heterocycles. The van der Waals surface area contributed by atoms with Crippen molar-refractivity contribution in [1.82, 2.24) is 4.31 Å². The molecule has 0 radical (unpaired) electrons. The van der Waals surface area contributed by atoms with Gasteiger partial charge in [0.2, 0.25) is 0 Å². The molecule has 1 unspecified atom stereocenters. The van der Waals surface area contributed by atoms with Crippen LogP contribution in [0.3, 0.4) is 0 Å². The maximum Gasteiger partial charge on any atom is 0.329 e. The lowest BCUT2D eigenvalue weighted by molar-refractivity contribution is -0.152. The van der Waals surface area contributed by atoms with E-state index in [2.05, 4.69) is 4.36 Å². The summed E-state index contributed by atoms with van der Waals surface area (Å²) in [7, 11) is -3.72. The fourth-order valence-electron chi connectivity index (χ4n) is 2.86. The Labute approximate surface area is 170 Å². The Morgan fingerprint density at radius 1 is 1.00 bits per heavy atom. The van der Waals surface area contributed by atoms with E-state index < -0.39 is 39.8 Å². The Morgan fingerprint density at radius 2 is 1.52 bits per heavy atom. The van der Waals surface area contributed by atoms with Gasteiger partial charge in [-0.05, 0) is 52.0 Å². The number of esters is 1. The number of fused-ring (bicyclic) bond motifs is 1. The lowest BCUT2D eigenvalue weighted by Crippen LogP contribution is -2.36. The van der Waals surface area contributed by atoms with Gasteiger partial charge in [-0.3, -0.25) is 9.59 Å². The Morgan fingerprint density at radius 3 is 2.00 bits per heavy atom. The highest BCUT2D eigenvalue weighted by Crippen LogP contribution is 2.30. The van der Waals surface area contributed by atoms with Crippen LogP contribution < -0.4 is 0 Å². The van der Waals surface area contributed by atoms with E-state index in [0.717, 1.165) is 5.56 Å². The summed E-state index contributed by atoms with van der Waals surface area (Å²) in [6, 6.07) is 12.7. The summed E-state index contributed by atoms with van der Waals surface area (Å²) in [5, 5.41) is 0. The molecule has 3 rings (SSSR count). The molecule has 2 aromatic carbocycles. The second-order valence-corrected chi connectivity index (χ2v) is 9.72. The second-order valence-electron chi connectivity index (χ2n) is 7.63. The van der Waals surface area contributed by atoms with Crippen LogP contribution in [0.5, 0.6) is 0 Å². The van der Waals surface area contributed by atoms with Crippen LogP contribution in [0.2, 0.25) is 0 Å². The number of carbonyl (C=O) groups is 3. The SMILES string of the molecule is Cc1ccc(S(=O)(=NCC(=O)OC(C)(C)C)N2C(=O)c3ccccc3C2=O)cc1. The van der Waals surface area contributed by atoms with Gasteiger partial charge >= 0.3 is 5.97 Å². The Hall–Kier alpha value is -3.00. The van der Waals surface area contributed by atoms with Crippen molar-refractivity contribution in [2.24, 2.45) is 4.36 Å². The van der Waals surface area contributed by atoms with Crippen LogP contribution in [-0.2, 0) is 19.4 Å². The summed E-state index contributed by atoms with van der Waals surface area (Å²) >= 11 is 0. The van der Waals surface area contributed by atoms with Crippen molar-refractivity contribution >= 4 is 27.7 Å². The summed E-state index contributed by atoms with van der Waals surface area (Å²) in [6.45, 7) is 6.40. The zero-order valence-corrected chi connectivity index (χ0v) is 17.5. The van der Waals surface area contributed by atoms with Crippen LogP contribution in [0.1, 0.15) is 47.1 Å². The van der Waals surface area contributed by atoms with Crippen molar-refractivity contribution in [1.29, 1.82) is 0 Å². The van der Waals surface area contributed by atoms with E-state index in [1.165, 1.54) is 12.1 Å². The molecule has 29 heavy (non-hydrogen) atoms. The van der Waals surface area contributed by atoms with Crippen LogP contribution in [0.25, 0.3) is 0 Å². The fraction of sp³-hybridized carbons (Fsp3) is 0.286. The minimum absolute atomic E-state index is 0.157. The molecule has 8 heteroatoms. The van der Waals surface area contributed by atoms with Gasteiger partial charge in [0.15, 0.2) is 9.92 Å². The number of hydrogen-bond acceptors (Lipinski definition) is 6. The smallest absolute Gasteiger partial charge is 0.329 e. The van der Waals surface area contributed by atoms with Crippen LogP contribution in [-0.4, -0.2) is 38.4 Å². The predicted octanol–water partition coefficient (Wildman–Crippen LogP) is 3.37. The summed E-state index contributed by atoms with van der Waals surface area (Å²) in [5.74, 6) is -2.11. The number of nitrogens with zero attached hydrogens (tertiary/aromatic N) is 2. The number of imide groups is 1. The molecule has 2 aromatic rings. The molecule has 0 saturated carbocycles. The number of amides is 2. The maximum absolute atomic E-state index is 14.0. The first-order valence-corrected chi connectivity index (χ1v) is 10.5. The molecule has 0 saturated heterocycles. The van der Waals surface area contributed by atoms with E-state index in [9.17, 15) is 18.6 Å². The normalized spacial score (nSPS) is 15.7. The molecule has 1 aliphatic rings. The van der Waals surface area contributed by atoms with Gasteiger partial charge in [0.25, 0.3) is 11.8 Å². The molecule has 152 valence electrons. The van der Waals surface area contributed by atoms with Crippen molar-refractivity contribution in [3.63, 3.8) is 0 Å². The summed E-state index contributed by atoms with van der Waals surface area (Å²) in [4.78, 5) is 38.2. The van der Waals surface area contributed by atoms with Gasteiger partial charge in [-0.15, -0.1) is 0 Å². The Bertz CT molecular complexity index is 1070. The highest BCUT2D eigenvalue weighted by atomic mass is 32.2. The first kappa shape index (κ1) is 20.7. The summed E-state index contributed by atoms with van der Waals surface area (Å²) < 4.78 is 23.9. The molecule has 0 fully saturated rings. The largest absolute Gasteiger partial charge is 0.459 e. The van der Waals surface area contributed by atoms with Gasteiger partial charge in [0.1, 0.15) is 12.1 Å². The molecular weight excluding hydrogens is 392 g/mol. The van der Waals surface area contributed by atoms with Gasteiger partial charge in [-0.2, -0.15) is 4.31 Å². The Kier molecular flexibility index (Phi) is 5.32. The topological polar surface area (TPSA) is 93.1 Å². The second kappa shape index (κ2) is 7.44. The van der Waals surface area contributed by atoms with Crippen LogP contribution in [0, 0.1) is 6.92 Å². The maximum atomic E-state index is 14.0. The van der Waals surface area contributed by atoms with Crippen LogP contribution in [0.15, 0.2) is 57.8 Å². The number of rotatable bonds is 4. The number of carbonyl (C=O) groups excluding carboxylic acids is 3. The third kappa shape index (κ3) is 4.07. The quantitative estimate of drug-likeness (QED) is 0.565. The third-order valence-electron chi connectivity index (χ3n) is 4.12. The van der Waals surface area contributed by atoms with Crippen molar-refractivity contribution in [2.75, 3.05) is 6.54 Å². The van der Waals surface area contributed by atoms with Crippen molar-refractivity contribution in [3.8, 4) is 0 Å². The first-order chi connectivity index (χ1) is 13.5. The molecule has 1 heterocycles. The molecule has 0 aromatic heterocycles. The van der Waals surface area contributed by atoms with Crippen molar-refractivity contribution in [2.45, 2.75) is 38.2 Å². The number of benzene rings is 2. The molecule has 0 aliphatic carbocycles. The average molecular weight is 414 g/mol. The van der Waals surface area contributed by atoms with E-state index in [-0.39, 0.29) is 16.0 Å². The molecule has 1 atom stereocenters. The molecule has 2 amide bonds. The van der Waals surface area contributed by atoms with Crippen LogP contribution >= 0.6 is 0 Å². The number of aryl methyl sites for hydroxylation is 1. The first-order valence-electron chi connectivity index (χ1n) is 9.02. The standard InChI is InChI=1S/C21H22N2O5S/c1-14-9-11-15(12-10-14)29(27,22-13-18(24)28-21(2,3)4)23-19(25)16-7-5-6-8-17(16)20(23)26/h5-12H,13H2,1-4H3. The van der Waals surface area contributed by atoms with Crippen molar-refractivity contribution < 1.29 is 23.3 Å². The minimum atomic E-state index is -3.72. The lowest BCUT2D eigenvalue weighted by Gasteiger charge is -2.21. The third-order valence-corrected chi connectivity index (χ3v) is 6.31. The van der Waals surface area contributed by atoms with E-state index in [0.29, 0.717) is 4.31 Å². The van der Waals surface area contributed by atoms with Gasteiger partial charge in [-0.1, -0.05) is 29.8 Å². The lowest BCUT2D eigenvalue weighted by atomic mass is 10.1. The number of ether oxygens (including phenoxy) is 1. The summed E-state index contributed by atoms with van der Waals surface area (Å²) in [6.07, 6.45) is 0. The zero-order chi connectivity index (χ0) is 21.4. The molecule has 0 N–H and O–H groups in total. The van der Waals surface area contributed by atoms with Crippen molar-refractivity contribution in [3.05, 3.63) is 65.2 Å². The molecule has 0 spiro atoms. The molecule has 0 bridgehead atoms. The van der Waals surface area contributed by atoms with Crippen LogP contribution in [0.4, 0.5) is 0 Å².